The average molecular weight is 703 g/mol. The van der Waals surface area contributed by atoms with E-state index in [0.29, 0.717) is 17.9 Å². The topological polar surface area (TPSA) is 68.3 Å². The fraction of sp³-hybridized carbons (Fsp3) is 0.667. The van der Waals surface area contributed by atoms with E-state index in [-0.39, 0.29) is 30.9 Å². The highest BCUT2D eigenvalue weighted by Gasteiger charge is 2.77. The van der Waals surface area contributed by atoms with Crippen LogP contribution in [0.1, 0.15) is 32.3 Å². The summed E-state index contributed by atoms with van der Waals surface area (Å²) in [6, 6.07) is 3.16. The van der Waals surface area contributed by atoms with Crippen LogP contribution in [0.4, 0.5) is 30.7 Å². The van der Waals surface area contributed by atoms with E-state index in [1.807, 2.05) is 25.7 Å². The number of benzene rings is 1. The molecule has 262 valence electrons. The van der Waals surface area contributed by atoms with Gasteiger partial charge in [-0.1, -0.05) is 6.08 Å². The molecule has 0 aromatic heterocycles. The number of hydrogen-bond acceptors (Lipinski definition) is 5. The summed E-state index contributed by atoms with van der Waals surface area (Å²) < 4.78 is 113. The zero-order valence-corrected chi connectivity index (χ0v) is 29.6. The van der Waals surface area contributed by atoms with Crippen molar-refractivity contribution in [3.8, 4) is 11.5 Å². The Morgan fingerprint density at radius 1 is 1.04 bits per heavy atom. The molecule has 0 bridgehead atoms. The Morgan fingerprint density at radius 2 is 1.65 bits per heavy atom. The third-order valence-corrected chi connectivity index (χ3v) is 8.78. The monoisotopic (exact) mass is 702 g/mol. The van der Waals surface area contributed by atoms with Crippen LogP contribution in [0.5, 0.6) is 11.5 Å². The van der Waals surface area contributed by atoms with Crippen molar-refractivity contribution in [3.63, 3.8) is 0 Å². The second kappa shape index (κ2) is 14.7. The van der Waals surface area contributed by atoms with Crippen molar-refractivity contribution in [2.24, 2.45) is 0 Å². The molecule has 1 aliphatic rings. The van der Waals surface area contributed by atoms with Gasteiger partial charge in [0.2, 0.25) is 14.2 Å². The minimum absolute atomic E-state index is 0.0385. The van der Waals surface area contributed by atoms with Gasteiger partial charge in [0.25, 0.3) is 0 Å². The van der Waals surface area contributed by atoms with Crippen LogP contribution in [0.15, 0.2) is 30.9 Å². The van der Waals surface area contributed by atoms with E-state index in [0.717, 1.165) is 5.56 Å². The van der Waals surface area contributed by atoms with Gasteiger partial charge in [0.05, 0.1) is 6.10 Å². The summed E-state index contributed by atoms with van der Waals surface area (Å²) in [5, 5.41) is 0. The summed E-state index contributed by atoms with van der Waals surface area (Å²) in [4.78, 5) is 27.6. The second-order valence-corrected chi connectivity index (χ2v) is 22.4. The first-order chi connectivity index (χ1) is 20.8. The highest BCUT2D eigenvalue weighted by molar-refractivity contribution is 6.70. The van der Waals surface area contributed by atoms with Crippen molar-refractivity contribution in [2.45, 2.75) is 109 Å². The number of likely N-dealkylation sites (tertiary alicyclic amines) is 1. The van der Waals surface area contributed by atoms with Gasteiger partial charge < -0.3 is 23.4 Å². The summed E-state index contributed by atoms with van der Waals surface area (Å²) in [5.74, 6) is -15.1. The summed E-state index contributed by atoms with van der Waals surface area (Å²) >= 11 is 0. The molecule has 2 amide bonds. The number of halogens is 7. The molecule has 2 rings (SSSR count). The van der Waals surface area contributed by atoms with Crippen LogP contribution in [-0.2, 0) is 20.4 Å². The van der Waals surface area contributed by atoms with E-state index in [1.54, 1.807) is 32.1 Å². The fourth-order valence-corrected chi connectivity index (χ4v) is 6.94. The lowest BCUT2D eigenvalue weighted by Gasteiger charge is -2.38. The summed E-state index contributed by atoms with van der Waals surface area (Å²) in [6.07, 6.45) is -5.47. The van der Waals surface area contributed by atoms with Gasteiger partial charge in [0.1, 0.15) is 24.1 Å². The molecule has 0 radical (unpaired) electrons. The van der Waals surface area contributed by atoms with Gasteiger partial charge >= 0.3 is 23.9 Å². The van der Waals surface area contributed by atoms with E-state index < -0.39 is 71.2 Å². The highest BCUT2D eigenvalue weighted by Crippen LogP contribution is 2.48. The van der Waals surface area contributed by atoms with Crippen LogP contribution in [0, 0.1) is 0 Å². The number of amides is 2. The number of rotatable bonds is 15. The number of allylic oxidation sites excluding steroid dienone is 1. The van der Waals surface area contributed by atoms with Gasteiger partial charge in [-0.25, -0.2) is 0 Å². The largest absolute Gasteiger partial charge is 0.544 e. The van der Waals surface area contributed by atoms with E-state index in [4.69, 9.17) is 13.6 Å². The quantitative estimate of drug-likeness (QED) is 0.109. The molecular formula is C30H45F7N2O5Si2. The number of carbonyl (C=O) groups excluding carboxylic acids is 2. The minimum Gasteiger partial charge on any atom is -0.544 e. The maximum atomic E-state index is 14.4. The third-order valence-electron chi connectivity index (χ3n) is 6.89. The van der Waals surface area contributed by atoms with Crippen molar-refractivity contribution < 1.29 is 53.9 Å². The lowest BCUT2D eigenvalue weighted by molar-refractivity contribution is -0.346. The lowest BCUT2D eigenvalue weighted by Crippen LogP contribution is -2.62. The number of alkyl halides is 7. The maximum absolute atomic E-state index is 14.4. The smallest absolute Gasteiger partial charge is 0.460 e. The molecule has 1 aromatic carbocycles. The molecule has 1 heterocycles. The van der Waals surface area contributed by atoms with Crippen molar-refractivity contribution >= 4 is 28.4 Å². The van der Waals surface area contributed by atoms with Gasteiger partial charge in [-0.05, 0) is 90.6 Å². The predicted molar refractivity (Wildman–Crippen MR) is 166 cm³/mol. The molecule has 0 N–H and O–H groups in total. The molecule has 0 saturated carbocycles. The molecule has 1 aliphatic heterocycles. The summed E-state index contributed by atoms with van der Waals surface area (Å²) in [5.41, 5.74) is 0.797. The number of nitrogens with zero attached hydrogens (tertiary/aromatic N) is 2. The van der Waals surface area contributed by atoms with E-state index in [1.165, 1.54) is 4.90 Å². The van der Waals surface area contributed by atoms with Crippen LogP contribution in [-0.4, -0.2) is 94.2 Å². The van der Waals surface area contributed by atoms with Gasteiger partial charge in [0, 0.05) is 24.7 Å². The Bertz CT molecular complexity index is 1230. The molecule has 0 spiro atoms. The van der Waals surface area contributed by atoms with Crippen LogP contribution >= 0.6 is 0 Å². The Balaban J connectivity index is 2.34. The fourth-order valence-electron chi connectivity index (χ4n) is 4.96. The van der Waals surface area contributed by atoms with Crippen molar-refractivity contribution in [1.82, 2.24) is 9.80 Å². The van der Waals surface area contributed by atoms with Crippen molar-refractivity contribution in [2.75, 3.05) is 19.7 Å². The molecular weight excluding hydrogens is 657 g/mol. The van der Waals surface area contributed by atoms with Crippen molar-refractivity contribution in [3.05, 3.63) is 36.4 Å². The average Bonchev–Trinajstić information content (AvgIpc) is 3.37. The molecule has 1 aromatic rings. The summed E-state index contributed by atoms with van der Waals surface area (Å²) in [7, 11) is -4.18. The van der Waals surface area contributed by atoms with Gasteiger partial charge in [0.15, 0.2) is 8.32 Å². The van der Waals surface area contributed by atoms with E-state index >= 15 is 0 Å². The molecule has 1 saturated heterocycles. The first-order valence-electron chi connectivity index (χ1n) is 15.0. The number of carbonyl (C=O) groups is 2. The maximum Gasteiger partial charge on any atom is 0.460 e. The Kier molecular flexibility index (Phi) is 12.6. The Labute approximate surface area is 268 Å². The molecule has 0 aliphatic carbocycles. The second-order valence-electron chi connectivity index (χ2n) is 13.5. The summed E-state index contributed by atoms with van der Waals surface area (Å²) in [6.45, 7) is 18.2. The SMILES string of the molecule is C=CCc1cc(O[Si](C)(C)C)ccc1OCC(CN(C(=O)[C@@H]1CCCN1C(=O)C(F)(F)C(F)(F)C(F)(F)F)C(C)C)O[Si](C)(C)C. The standard InChI is InChI=1S/C30H45F7N2O5Si2/c1-10-12-21-17-22(43-45(4,5)6)14-15-25(21)42-19-23(44-46(7,8)9)18-39(20(2)3)26(40)24-13-11-16-38(24)27(41)28(31,32)29(33,34)30(35,36)37/h10,14-15,17,20,23-24H,1,11-13,16,18-19H2,2-9H3/t23?,24-/m0/s1. The van der Waals surface area contributed by atoms with Crippen molar-refractivity contribution in [1.29, 1.82) is 0 Å². The molecule has 2 atom stereocenters. The molecule has 1 unspecified atom stereocenters. The first kappa shape index (κ1) is 39.6. The first-order valence-corrected chi connectivity index (χ1v) is 21.8. The van der Waals surface area contributed by atoms with Gasteiger partial charge in [-0.3, -0.25) is 9.59 Å². The van der Waals surface area contributed by atoms with Gasteiger partial charge in [-0.2, -0.15) is 30.7 Å². The Morgan fingerprint density at radius 3 is 2.15 bits per heavy atom. The molecule has 46 heavy (non-hydrogen) atoms. The Hall–Kier alpha value is -2.60. The zero-order chi connectivity index (χ0) is 35.5. The molecule has 16 heteroatoms. The minimum atomic E-state index is -6.68. The molecule has 7 nitrogen and oxygen atoms in total. The lowest BCUT2D eigenvalue weighted by atomic mass is 10.1. The van der Waals surface area contributed by atoms with E-state index in [2.05, 4.69) is 26.2 Å². The van der Waals surface area contributed by atoms with Crippen LogP contribution < -0.4 is 9.16 Å². The number of ether oxygens (including phenoxy) is 1. The van der Waals surface area contributed by atoms with Crippen LogP contribution in [0.25, 0.3) is 0 Å². The highest BCUT2D eigenvalue weighted by atomic mass is 28.4. The predicted octanol–water partition coefficient (Wildman–Crippen LogP) is 7.29. The third kappa shape index (κ3) is 9.95. The number of hydrogen-bond donors (Lipinski definition) is 0. The van der Waals surface area contributed by atoms with E-state index in [9.17, 15) is 40.3 Å². The van der Waals surface area contributed by atoms with Crippen LogP contribution in [0.3, 0.4) is 0 Å². The normalized spacial score (nSPS) is 17.2. The zero-order valence-electron chi connectivity index (χ0n) is 27.6. The van der Waals surface area contributed by atoms with Gasteiger partial charge in [-0.15, -0.1) is 6.58 Å². The van der Waals surface area contributed by atoms with Crippen LogP contribution in [0.2, 0.25) is 39.3 Å². The molecule has 1 fully saturated rings.